The molecule has 17 heavy (non-hydrogen) atoms. The Bertz CT molecular complexity index is 340. The van der Waals surface area contributed by atoms with Gasteiger partial charge in [-0.15, -0.1) is 0 Å². The van der Waals surface area contributed by atoms with Crippen molar-refractivity contribution in [2.75, 3.05) is 13.2 Å². The third-order valence-corrected chi connectivity index (χ3v) is 4.19. The number of hydrogen-bond acceptors (Lipinski definition) is 2. The highest BCUT2D eigenvalue weighted by atomic mass is 79.9. The maximum absolute atomic E-state index is 6.10. The molecule has 94 valence electrons. The Morgan fingerprint density at radius 2 is 2.00 bits per heavy atom. The highest BCUT2D eigenvalue weighted by Crippen LogP contribution is 2.36. The molecule has 3 heteroatoms. The summed E-state index contributed by atoms with van der Waals surface area (Å²) >= 11 is 3.48. The lowest BCUT2D eigenvalue weighted by molar-refractivity contribution is -0.0164. The van der Waals surface area contributed by atoms with Gasteiger partial charge in [-0.05, 0) is 47.2 Å². The van der Waals surface area contributed by atoms with Crippen LogP contribution < -0.4 is 0 Å². The first-order valence-corrected chi connectivity index (χ1v) is 6.96. The molecule has 0 aromatic heterocycles. The summed E-state index contributed by atoms with van der Waals surface area (Å²) in [6.45, 7) is 9.56. The lowest BCUT2D eigenvalue weighted by Crippen LogP contribution is -2.32. The monoisotopic (exact) mass is 298 g/mol. The maximum Gasteiger partial charge on any atom is 0.136 e. The van der Waals surface area contributed by atoms with Crippen LogP contribution in [0.25, 0.3) is 0 Å². The van der Waals surface area contributed by atoms with Gasteiger partial charge in [-0.2, -0.15) is 0 Å². The quantitative estimate of drug-likeness (QED) is 0.769. The molecule has 2 heterocycles. The molecular formula is C14H19BrO2. The van der Waals surface area contributed by atoms with Gasteiger partial charge >= 0.3 is 0 Å². The van der Waals surface area contributed by atoms with E-state index in [1.165, 1.54) is 0 Å². The van der Waals surface area contributed by atoms with Crippen LogP contribution in [-0.4, -0.2) is 19.3 Å². The molecule has 2 rings (SSSR count). The minimum absolute atomic E-state index is 0.312. The molecule has 0 N–H and O–H groups in total. The molecule has 0 saturated carbocycles. The van der Waals surface area contributed by atoms with Crippen LogP contribution in [0.15, 0.2) is 35.0 Å². The molecule has 1 unspecified atom stereocenters. The van der Waals surface area contributed by atoms with Crippen LogP contribution in [0.2, 0.25) is 0 Å². The Balaban J connectivity index is 2.07. The topological polar surface area (TPSA) is 18.5 Å². The highest BCUT2D eigenvalue weighted by Gasteiger charge is 2.30. The van der Waals surface area contributed by atoms with Crippen molar-refractivity contribution in [2.45, 2.75) is 31.8 Å². The van der Waals surface area contributed by atoms with Crippen LogP contribution in [0.4, 0.5) is 0 Å². The minimum atomic E-state index is 0.312. The summed E-state index contributed by atoms with van der Waals surface area (Å²) in [7, 11) is 0. The summed E-state index contributed by atoms with van der Waals surface area (Å²) in [4.78, 5) is 0. The van der Waals surface area contributed by atoms with Crippen LogP contribution in [0.3, 0.4) is 0 Å². The lowest BCUT2D eigenvalue weighted by atomic mass is 9.88. The van der Waals surface area contributed by atoms with Crippen molar-refractivity contribution < 1.29 is 9.47 Å². The molecule has 0 amide bonds. The Kier molecular flexibility index (Phi) is 4.46. The van der Waals surface area contributed by atoms with E-state index in [2.05, 4.69) is 29.1 Å². The van der Waals surface area contributed by atoms with E-state index < -0.39 is 0 Å². The molecule has 0 aromatic rings. The first-order valence-electron chi connectivity index (χ1n) is 6.17. The third kappa shape index (κ3) is 3.02. The zero-order chi connectivity index (χ0) is 12.3. The first-order chi connectivity index (χ1) is 8.22. The van der Waals surface area contributed by atoms with Gasteiger partial charge in [0.2, 0.25) is 0 Å². The molecule has 0 spiro atoms. The van der Waals surface area contributed by atoms with E-state index in [9.17, 15) is 0 Å². The summed E-state index contributed by atoms with van der Waals surface area (Å²) in [5.74, 6) is 1.51. The lowest BCUT2D eigenvalue weighted by Gasteiger charge is -2.35. The molecule has 2 fully saturated rings. The van der Waals surface area contributed by atoms with Gasteiger partial charge in [-0.1, -0.05) is 19.2 Å². The van der Waals surface area contributed by atoms with E-state index in [1.807, 2.05) is 0 Å². The largest absolute Gasteiger partial charge is 0.489 e. The minimum Gasteiger partial charge on any atom is -0.489 e. The summed E-state index contributed by atoms with van der Waals surface area (Å²) in [6, 6.07) is 0. The smallest absolute Gasteiger partial charge is 0.136 e. The maximum atomic E-state index is 6.10. The van der Waals surface area contributed by atoms with Crippen LogP contribution in [0, 0.1) is 5.92 Å². The number of halogens is 1. The zero-order valence-corrected chi connectivity index (χ0v) is 11.7. The van der Waals surface area contributed by atoms with Crippen molar-refractivity contribution >= 4 is 15.9 Å². The van der Waals surface area contributed by atoms with Gasteiger partial charge in [-0.3, -0.25) is 0 Å². The van der Waals surface area contributed by atoms with Crippen molar-refractivity contribution in [2.24, 2.45) is 5.92 Å². The number of hydrogen-bond donors (Lipinski definition) is 0. The van der Waals surface area contributed by atoms with Gasteiger partial charge in [0, 0.05) is 19.1 Å². The van der Waals surface area contributed by atoms with Gasteiger partial charge in [0.05, 0.1) is 4.48 Å². The Hall–Kier alpha value is -0.540. The average Bonchev–Trinajstić information content (AvgIpc) is 2.39. The molecule has 2 nitrogen and oxygen atoms in total. The van der Waals surface area contributed by atoms with E-state index in [0.29, 0.717) is 12.0 Å². The molecule has 1 atom stereocenters. The average molecular weight is 299 g/mol. The van der Waals surface area contributed by atoms with Crippen molar-refractivity contribution in [1.29, 1.82) is 0 Å². The predicted octanol–water partition coefficient (Wildman–Crippen LogP) is 3.94. The van der Waals surface area contributed by atoms with Crippen LogP contribution in [-0.2, 0) is 9.47 Å². The van der Waals surface area contributed by atoms with Crippen molar-refractivity contribution in [3.63, 3.8) is 0 Å². The van der Waals surface area contributed by atoms with Crippen molar-refractivity contribution in [1.82, 2.24) is 0 Å². The second-order valence-electron chi connectivity index (χ2n) is 4.63. The number of ether oxygens (including phenoxy) is 2. The standard InChI is InChI=1S/C14H19BrO2/c1-3-12(15)14-10(2)4-5-13(17-14)11-6-8-16-9-7-11/h3,11,13H,1-2,4-9H2/b14-12-. The molecule has 0 aromatic carbocycles. The fraction of sp³-hybridized carbons (Fsp3) is 0.571. The molecule has 0 bridgehead atoms. The molecule has 0 radical (unpaired) electrons. The van der Waals surface area contributed by atoms with E-state index >= 15 is 0 Å². The van der Waals surface area contributed by atoms with Crippen LogP contribution >= 0.6 is 15.9 Å². The normalized spacial score (nSPS) is 29.7. The highest BCUT2D eigenvalue weighted by molar-refractivity contribution is 9.11. The predicted molar refractivity (Wildman–Crippen MR) is 72.9 cm³/mol. The van der Waals surface area contributed by atoms with E-state index in [4.69, 9.17) is 9.47 Å². The molecule has 2 aliphatic rings. The van der Waals surface area contributed by atoms with Crippen LogP contribution in [0.5, 0.6) is 0 Å². The molecule has 2 aliphatic heterocycles. The van der Waals surface area contributed by atoms with Gasteiger partial charge in [0.1, 0.15) is 11.9 Å². The number of rotatable bonds is 2. The summed E-state index contributed by atoms with van der Waals surface area (Å²) in [5.41, 5.74) is 1.07. The number of allylic oxidation sites excluding steroid dienone is 3. The second kappa shape index (κ2) is 5.87. The molecular weight excluding hydrogens is 280 g/mol. The second-order valence-corrected chi connectivity index (χ2v) is 5.48. The Morgan fingerprint density at radius 1 is 1.29 bits per heavy atom. The van der Waals surface area contributed by atoms with Gasteiger partial charge < -0.3 is 9.47 Å². The van der Waals surface area contributed by atoms with Crippen LogP contribution in [0.1, 0.15) is 25.7 Å². The van der Waals surface area contributed by atoms with Gasteiger partial charge in [-0.25, -0.2) is 0 Å². The Labute approximate surface area is 111 Å². The summed E-state index contributed by atoms with van der Waals surface area (Å²) in [5, 5.41) is 0. The summed E-state index contributed by atoms with van der Waals surface area (Å²) in [6.07, 6.45) is 6.39. The summed E-state index contributed by atoms with van der Waals surface area (Å²) < 4.78 is 12.4. The van der Waals surface area contributed by atoms with E-state index in [1.54, 1.807) is 6.08 Å². The SMILES string of the molecule is C=C/C(Br)=C1/OC(C2CCOCC2)CCC1=C. The fourth-order valence-electron chi connectivity index (χ4n) is 2.46. The Morgan fingerprint density at radius 3 is 2.65 bits per heavy atom. The van der Waals surface area contributed by atoms with E-state index in [-0.39, 0.29) is 0 Å². The fourth-order valence-corrected chi connectivity index (χ4v) is 2.83. The van der Waals surface area contributed by atoms with Gasteiger partial charge in [0.25, 0.3) is 0 Å². The zero-order valence-electron chi connectivity index (χ0n) is 10.1. The van der Waals surface area contributed by atoms with Crippen molar-refractivity contribution in [3.8, 4) is 0 Å². The molecule has 0 aliphatic carbocycles. The van der Waals surface area contributed by atoms with E-state index in [0.717, 1.165) is 54.7 Å². The van der Waals surface area contributed by atoms with Crippen molar-refractivity contribution in [3.05, 3.63) is 35.0 Å². The third-order valence-electron chi connectivity index (χ3n) is 3.51. The van der Waals surface area contributed by atoms with Gasteiger partial charge in [0.15, 0.2) is 0 Å². The first kappa shape index (κ1) is 12.9. The molecule has 2 saturated heterocycles.